The van der Waals surface area contributed by atoms with Gasteiger partial charge in [-0.1, -0.05) is 66.2 Å². The van der Waals surface area contributed by atoms with Gasteiger partial charge in [0, 0.05) is 0 Å². The van der Waals surface area contributed by atoms with Crippen molar-refractivity contribution in [1.82, 2.24) is 0 Å². The summed E-state index contributed by atoms with van der Waals surface area (Å²) in [5.41, 5.74) is 0. The maximum absolute atomic E-state index is 8.56. The molecule has 2 atom stereocenters. The molecule has 0 spiro atoms. The van der Waals surface area contributed by atoms with Gasteiger partial charge in [-0.05, 0) is 24.7 Å². The molecule has 0 amide bonds. The van der Waals surface area contributed by atoms with Gasteiger partial charge >= 0.3 is 12.3 Å². The average Bonchev–Trinajstić information content (AvgIpc) is 2.61. The van der Waals surface area contributed by atoms with Crippen molar-refractivity contribution in [2.24, 2.45) is 11.8 Å². The number of rotatable bonds is 12. The quantitative estimate of drug-likeness (QED) is 0.168. The molecule has 0 bridgehead atoms. The average molecular weight is 417 g/mol. The van der Waals surface area contributed by atoms with Crippen LogP contribution in [0.15, 0.2) is 0 Å². The maximum atomic E-state index is 8.56. The van der Waals surface area contributed by atoms with Crippen LogP contribution in [0.4, 0.5) is 9.59 Å². The van der Waals surface area contributed by atoms with Crippen LogP contribution in [0.2, 0.25) is 0 Å². The molecule has 0 saturated heterocycles. The summed E-state index contributed by atoms with van der Waals surface area (Å²) in [5.74, 6) is 1.09. The fraction of sp³-hybridized carbons (Fsp3) is 0.889. The van der Waals surface area contributed by atoms with Crippen LogP contribution in [0.1, 0.15) is 79.1 Å². The molecule has 0 rings (SSSR count). The first-order chi connectivity index (χ1) is 13.2. The zero-order valence-corrected chi connectivity index (χ0v) is 17.5. The van der Waals surface area contributed by atoms with Gasteiger partial charge in [0.2, 0.25) is 0 Å². The lowest BCUT2D eigenvalue weighted by atomic mass is 10.0. The van der Waals surface area contributed by atoms with E-state index in [0.29, 0.717) is 25.0 Å². The summed E-state index contributed by atoms with van der Waals surface area (Å²) < 4.78 is 0. The highest BCUT2D eigenvalue weighted by molar-refractivity contribution is 5.53. The Morgan fingerprint density at radius 3 is 1.07 bits per heavy atom. The molecule has 10 nitrogen and oxygen atoms in total. The van der Waals surface area contributed by atoms with Gasteiger partial charge in [-0.25, -0.2) is 19.4 Å². The Balaban J connectivity index is -0.000000150. The third kappa shape index (κ3) is 49.7. The van der Waals surface area contributed by atoms with Crippen molar-refractivity contribution in [1.29, 1.82) is 0 Å². The fourth-order valence-corrected chi connectivity index (χ4v) is 2.01. The summed E-state index contributed by atoms with van der Waals surface area (Å²) in [5, 5.41) is 44.2. The zero-order chi connectivity index (χ0) is 22.8. The Labute approximate surface area is 167 Å². The topological polar surface area (TPSA) is 174 Å². The van der Waals surface area contributed by atoms with E-state index in [-0.39, 0.29) is 0 Å². The molecule has 0 aliphatic heterocycles. The van der Waals surface area contributed by atoms with Gasteiger partial charge in [-0.15, -0.1) is 0 Å². The van der Waals surface area contributed by atoms with Gasteiger partial charge in [0.05, 0.1) is 13.2 Å². The molecule has 28 heavy (non-hydrogen) atoms. The van der Waals surface area contributed by atoms with Crippen LogP contribution >= 0.6 is 0 Å². The Bertz CT molecular complexity index is 275. The molecular formula is C18H40O10. The summed E-state index contributed by atoms with van der Waals surface area (Å²) >= 11 is 0. The molecule has 0 aliphatic carbocycles. The summed E-state index contributed by atoms with van der Waals surface area (Å²) in [6, 6.07) is 0. The van der Waals surface area contributed by atoms with Gasteiger partial charge in [0.15, 0.2) is 0 Å². The second-order valence-corrected chi connectivity index (χ2v) is 5.99. The molecule has 0 fully saturated rings. The van der Waals surface area contributed by atoms with Crippen molar-refractivity contribution in [3.8, 4) is 0 Å². The van der Waals surface area contributed by atoms with E-state index in [1.165, 1.54) is 38.5 Å². The van der Waals surface area contributed by atoms with E-state index < -0.39 is 12.3 Å². The Kier molecular flexibility index (Phi) is 36.5. The van der Waals surface area contributed by atoms with Gasteiger partial charge in [-0.3, -0.25) is 10.5 Å². The first-order valence-electron chi connectivity index (χ1n) is 9.52. The zero-order valence-electron chi connectivity index (χ0n) is 17.5. The van der Waals surface area contributed by atoms with Crippen molar-refractivity contribution in [2.75, 3.05) is 13.2 Å². The molecule has 0 saturated carbocycles. The molecule has 0 heterocycles. The standard InChI is InChI=1S/2C8H18O2.2CH2O3/c2*1-3-5-6-8(4-2)7-10-9;2*2-1(3)4/h2*8-9H,3-7H2,1-2H3;2*(H2,2,3,4). The number of carboxylic acid groups (broad SMARTS) is 4. The van der Waals surface area contributed by atoms with E-state index in [1.807, 2.05) is 0 Å². The van der Waals surface area contributed by atoms with Crippen molar-refractivity contribution >= 4 is 12.3 Å². The minimum Gasteiger partial charge on any atom is -0.450 e. The van der Waals surface area contributed by atoms with Gasteiger partial charge < -0.3 is 20.4 Å². The Hall–Kier alpha value is -1.62. The largest absolute Gasteiger partial charge is 0.503 e. The lowest BCUT2D eigenvalue weighted by molar-refractivity contribution is -0.251. The normalized spacial score (nSPS) is 11.4. The fourth-order valence-electron chi connectivity index (χ4n) is 2.01. The summed E-state index contributed by atoms with van der Waals surface area (Å²) in [4.78, 5) is 25.3. The van der Waals surface area contributed by atoms with Crippen molar-refractivity contribution in [2.45, 2.75) is 79.1 Å². The van der Waals surface area contributed by atoms with Crippen LogP contribution in [0.25, 0.3) is 0 Å². The molecule has 2 unspecified atom stereocenters. The summed E-state index contributed by atoms with van der Waals surface area (Å²) in [7, 11) is 0. The van der Waals surface area contributed by atoms with E-state index >= 15 is 0 Å². The predicted octanol–water partition coefficient (Wildman–Crippen LogP) is 5.83. The van der Waals surface area contributed by atoms with Crippen molar-refractivity contribution in [3.63, 3.8) is 0 Å². The van der Waals surface area contributed by atoms with Crippen LogP contribution in [0.3, 0.4) is 0 Å². The SMILES string of the molecule is CCCCC(CC)COO.CCCCC(CC)COO.O=C(O)O.O=C(O)O. The first kappa shape index (κ1) is 33.9. The molecule has 10 heteroatoms. The molecule has 0 aromatic rings. The van der Waals surface area contributed by atoms with Crippen molar-refractivity contribution < 1.29 is 50.3 Å². The molecule has 172 valence electrons. The molecule has 0 aromatic heterocycles. The lowest BCUT2D eigenvalue weighted by Crippen LogP contribution is -2.06. The minimum atomic E-state index is -1.83. The van der Waals surface area contributed by atoms with Gasteiger partial charge in [0.25, 0.3) is 0 Å². The number of carbonyl (C=O) groups is 2. The molecule has 0 aliphatic rings. The minimum absolute atomic E-state index is 0.497. The highest BCUT2D eigenvalue weighted by Gasteiger charge is 2.05. The first-order valence-corrected chi connectivity index (χ1v) is 9.52. The monoisotopic (exact) mass is 416 g/mol. The molecular weight excluding hydrogens is 376 g/mol. The van der Waals surface area contributed by atoms with E-state index in [2.05, 4.69) is 37.5 Å². The van der Waals surface area contributed by atoms with E-state index in [0.717, 1.165) is 12.8 Å². The van der Waals surface area contributed by atoms with Crippen LogP contribution in [-0.4, -0.2) is 56.5 Å². The lowest BCUT2D eigenvalue weighted by Gasteiger charge is -2.10. The summed E-state index contributed by atoms with van der Waals surface area (Å²) in [6.45, 7) is 9.59. The van der Waals surface area contributed by atoms with E-state index in [4.69, 9.17) is 40.5 Å². The Morgan fingerprint density at radius 1 is 0.679 bits per heavy atom. The third-order valence-corrected chi connectivity index (χ3v) is 3.71. The van der Waals surface area contributed by atoms with Gasteiger partial charge in [0.1, 0.15) is 0 Å². The van der Waals surface area contributed by atoms with Gasteiger partial charge in [-0.2, -0.15) is 0 Å². The highest BCUT2D eigenvalue weighted by atomic mass is 17.1. The van der Waals surface area contributed by atoms with E-state index in [1.54, 1.807) is 0 Å². The second-order valence-electron chi connectivity index (χ2n) is 5.99. The number of hydrogen-bond acceptors (Lipinski definition) is 6. The highest BCUT2D eigenvalue weighted by Crippen LogP contribution is 2.12. The molecule has 0 aromatic carbocycles. The molecule has 6 N–H and O–H groups in total. The number of hydrogen-bond donors (Lipinski definition) is 6. The van der Waals surface area contributed by atoms with Crippen LogP contribution in [0, 0.1) is 11.8 Å². The maximum Gasteiger partial charge on any atom is 0.503 e. The number of unbranched alkanes of at least 4 members (excludes halogenated alkanes) is 2. The summed E-state index contributed by atoms with van der Waals surface area (Å²) in [6.07, 6.45) is 5.80. The van der Waals surface area contributed by atoms with Crippen LogP contribution in [-0.2, 0) is 9.78 Å². The van der Waals surface area contributed by atoms with Crippen LogP contribution < -0.4 is 0 Å². The smallest absolute Gasteiger partial charge is 0.450 e. The van der Waals surface area contributed by atoms with Crippen LogP contribution in [0.5, 0.6) is 0 Å². The predicted molar refractivity (Wildman–Crippen MR) is 105 cm³/mol. The Morgan fingerprint density at radius 2 is 0.929 bits per heavy atom. The molecule has 0 radical (unpaired) electrons. The third-order valence-electron chi connectivity index (χ3n) is 3.71. The van der Waals surface area contributed by atoms with E-state index in [9.17, 15) is 0 Å². The second kappa shape index (κ2) is 30.1. The van der Waals surface area contributed by atoms with Crippen molar-refractivity contribution in [3.05, 3.63) is 0 Å².